The van der Waals surface area contributed by atoms with Gasteiger partial charge in [-0.05, 0) is 45.2 Å². The molecule has 1 saturated heterocycles. The zero-order valence-corrected chi connectivity index (χ0v) is 12.2. The predicted octanol–water partition coefficient (Wildman–Crippen LogP) is 2.22. The molecule has 1 aromatic rings. The van der Waals surface area contributed by atoms with Gasteiger partial charge in [-0.1, -0.05) is 23.8 Å². The smallest absolute Gasteiger partial charge is 0.227 e. The number of rotatable bonds is 2. The fraction of sp³-hybridized carbons (Fsp3) is 0.562. The number of hydrogen-bond donors (Lipinski definition) is 1. The SMILES string of the molecule is Cc1ccc(C)c(CC(=O)N2CC(O)CC2(C)C)c1. The van der Waals surface area contributed by atoms with Crippen molar-refractivity contribution in [3.63, 3.8) is 0 Å². The second kappa shape index (κ2) is 4.97. The summed E-state index contributed by atoms with van der Waals surface area (Å²) >= 11 is 0. The summed E-state index contributed by atoms with van der Waals surface area (Å²) in [6.45, 7) is 8.56. The first kappa shape index (κ1) is 14.1. The Morgan fingerprint density at radius 2 is 2.11 bits per heavy atom. The second-order valence-corrected chi connectivity index (χ2v) is 6.28. The molecule has 0 bridgehead atoms. The predicted molar refractivity (Wildman–Crippen MR) is 76.0 cm³/mol. The van der Waals surface area contributed by atoms with Crippen LogP contribution < -0.4 is 0 Å². The molecule has 1 aliphatic rings. The Balaban J connectivity index is 2.15. The fourth-order valence-electron chi connectivity index (χ4n) is 2.90. The van der Waals surface area contributed by atoms with Crippen LogP contribution in [0.2, 0.25) is 0 Å². The number of hydrogen-bond acceptors (Lipinski definition) is 2. The highest BCUT2D eigenvalue weighted by Gasteiger charge is 2.40. The Labute approximate surface area is 115 Å². The molecule has 0 spiro atoms. The first-order chi connectivity index (χ1) is 8.79. The summed E-state index contributed by atoms with van der Waals surface area (Å²) in [5.41, 5.74) is 3.17. The summed E-state index contributed by atoms with van der Waals surface area (Å²) in [5.74, 6) is 0.107. The molecule has 1 heterocycles. The van der Waals surface area contributed by atoms with Crippen LogP contribution >= 0.6 is 0 Å². The van der Waals surface area contributed by atoms with Gasteiger partial charge in [0.05, 0.1) is 12.5 Å². The van der Waals surface area contributed by atoms with Crippen molar-refractivity contribution in [3.05, 3.63) is 34.9 Å². The van der Waals surface area contributed by atoms with Gasteiger partial charge in [-0.25, -0.2) is 0 Å². The van der Waals surface area contributed by atoms with Crippen LogP contribution in [0, 0.1) is 13.8 Å². The average molecular weight is 261 g/mol. The van der Waals surface area contributed by atoms with Gasteiger partial charge in [-0.2, -0.15) is 0 Å². The number of aliphatic hydroxyl groups is 1. The van der Waals surface area contributed by atoms with Crippen molar-refractivity contribution in [2.45, 2.75) is 52.2 Å². The van der Waals surface area contributed by atoms with E-state index >= 15 is 0 Å². The Morgan fingerprint density at radius 1 is 1.42 bits per heavy atom. The molecule has 2 rings (SSSR count). The number of amides is 1. The number of aliphatic hydroxyl groups excluding tert-OH is 1. The van der Waals surface area contributed by atoms with Crippen molar-refractivity contribution in [2.75, 3.05) is 6.54 Å². The highest BCUT2D eigenvalue weighted by molar-refractivity contribution is 5.80. The molecule has 1 unspecified atom stereocenters. The minimum Gasteiger partial charge on any atom is -0.391 e. The molecule has 104 valence electrons. The van der Waals surface area contributed by atoms with Crippen LogP contribution in [0.25, 0.3) is 0 Å². The molecule has 19 heavy (non-hydrogen) atoms. The summed E-state index contributed by atoms with van der Waals surface area (Å²) in [4.78, 5) is 14.3. The lowest BCUT2D eigenvalue weighted by atomic mass is 9.99. The van der Waals surface area contributed by atoms with E-state index < -0.39 is 6.10 Å². The van der Waals surface area contributed by atoms with E-state index in [1.54, 1.807) is 0 Å². The summed E-state index contributed by atoms with van der Waals surface area (Å²) in [5, 5.41) is 9.76. The Kier molecular flexibility index (Phi) is 3.68. The molecule has 3 heteroatoms. The molecular weight excluding hydrogens is 238 g/mol. The molecule has 0 saturated carbocycles. The maximum Gasteiger partial charge on any atom is 0.227 e. The fourth-order valence-corrected chi connectivity index (χ4v) is 2.90. The summed E-state index contributed by atoms with van der Waals surface area (Å²) in [6.07, 6.45) is 0.687. The van der Waals surface area contributed by atoms with Crippen LogP contribution in [-0.2, 0) is 11.2 Å². The third-order valence-electron chi connectivity index (χ3n) is 4.01. The van der Waals surface area contributed by atoms with Crippen LogP contribution in [0.3, 0.4) is 0 Å². The average Bonchev–Trinajstić information content (AvgIpc) is 2.57. The topological polar surface area (TPSA) is 40.5 Å². The monoisotopic (exact) mass is 261 g/mol. The van der Waals surface area contributed by atoms with Gasteiger partial charge in [0, 0.05) is 12.1 Å². The van der Waals surface area contributed by atoms with Crippen LogP contribution in [0.4, 0.5) is 0 Å². The molecule has 1 aromatic carbocycles. The largest absolute Gasteiger partial charge is 0.391 e. The molecule has 0 aliphatic carbocycles. The lowest BCUT2D eigenvalue weighted by molar-refractivity contribution is -0.133. The molecule has 0 aromatic heterocycles. The molecule has 1 aliphatic heterocycles. The molecule has 1 amide bonds. The van der Waals surface area contributed by atoms with Gasteiger partial charge < -0.3 is 10.0 Å². The molecular formula is C16H23NO2. The number of nitrogens with zero attached hydrogens (tertiary/aromatic N) is 1. The van der Waals surface area contributed by atoms with Crippen molar-refractivity contribution >= 4 is 5.91 Å². The number of likely N-dealkylation sites (tertiary alicyclic amines) is 1. The van der Waals surface area contributed by atoms with Crippen molar-refractivity contribution < 1.29 is 9.90 Å². The Bertz CT molecular complexity index is 494. The summed E-state index contributed by atoms with van der Waals surface area (Å²) < 4.78 is 0. The quantitative estimate of drug-likeness (QED) is 0.886. The van der Waals surface area contributed by atoms with E-state index in [1.165, 1.54) is 5.56 Å². The molecule has 3 nitrogen and oxygen atoms in total. The van der Waals surface area contributed by atoms with Gasteiger partial charge >= 0.3 is 0 Å². The standard InChI is InChI=1S/C16H23NO2/c1-11-5-6-12(2)13(7-11)8-15(19)17-10-14(18)9-16(17,3)4/h5-7,14,18H,8-10H2,1-4H3. The highest BCUT2D eigenvalue weighted by atomic mass is 16.3. The lowest BCUT2D eigenvalue weighted by Crippen LogP contribution is -2.43. The summed E-state index contributed by atoms with van der Waals surface area (Å²) in [7, 11) is 0. The van der Waals surface area contributed by atoms with Crippen LogP contribution in [0.5, 0.6) is 0 Å². The third kappa shape index (κ3) is 2.98. The zero-order valence-electron chi connectivity index (χ0n) is 12.2. The van der Waals surface area contributed by atoms with Crippen molar-refractivity contribution in [1.82, 2.24) is 4.90 Å². The maximum atomic E-state index is 12.5. The third-order valence-corrected chi connectivity index (χ3v) is 4.01. The molecule has 1 N–H and O–H groups in total. The zero-order chi connectivity index (χ0) is 14.2. The van der Waals surface area contributed by atoms with E-state index in [4.69, 9.17) is 0 Å². The molecule has 1 fully saturated rings. The number of benzene rings is 1. The van der Waals surface area contributed by atoms with E-state index in [1.807, 2.05) is 32.6 Å². The number of β-amino-alcohol motifs (C(OH)–C–C–N with tert-alkyl or cyclic N) is 1. The lowest BCUT2D eigenvalue weighted by Gasteiger charge is -2.31. The Morgan fingerprint density at radius 3 is 2.68 bits per heavy atom. The van der Waals surface area contributed by atoms with Gasteiger partial charge in [0.25, 0.3) is 0 Å². The van der Waals surface area contributed by atoms with Crippen LogP contribution in [0.1, 0.15) is 37.0 Å². The molecule has 1 atom stereocenters. The maximum absolute atomic E-state index is 12.5. The van der Waals surface area contributed by atoms with Crippen molar-refractivity contribution in [1.29, 1.82) is 0 Å². The van der Waals surface area contributed by atoms with Gasteiger partial charge in [0.1, 0.15) is 0 Å². The van der Waals surface area contributed by atoms with Crippen molar-refractivity contribution in [2.24, 2.45) is 0 Å². The number of aryl methyl sites for hydroxylation is 2. The van der Waals surface area contributed by atoms with Gasteiger partial charge in [0.2, 0.25) is 5.91 Å². The van der Waals surface area contributed by atoms with Gasteiger partial charge in [-0.15, -0.1) is 0 Å². The van der Waals surface area contributed by atoms with Crippen LogP contribution in [-0.4, -0.2) is 34.1 Å². The molecule has 0 radical (unpaired) electrons. The van der Waals surface area contributed by atoms with Crippen molar-refractivity contribution in [3.8, 4) is 0 Å². The van der Waals surface area contributed by atoms with Gasteiger partial charge in [0.15, 0.2) is 0 Å². The Hall–Kier alpha value is -1.35. The van der Waals surface area contributed by atoms with E-state index in [0.717, 1.165) is 11.1 Å². The van der Waals surface area contributed by atoms with E-state index in [9.17, 15) is 9.90 Å². The van der Waals surface area contributed by atoms with E-state index in [0.29, 0.717) is 19.4 Å². The minimum atomic E-state index is -0.391. The highest BCUT2D eigenvalue weighted by Crippen LogP contribution is 2.29. The van der Waals surface area contributed by atoms with Crippen LogP contribution in [0.15, 0.2) is 18.2 Å². The summed E-state index contributed by atoms with van der Waals surface area (Å²) in [6, 6.07) is 6.20. The number of carbonyl (C=O) groups excluding carboxylic acids is 1. The van der Waals surface area contributed by atoms with E-state index in [2.05, 4.69) is 18.2 Å². The van der Waals surface area contributed by atoms with Gasteiger partial charge in [-0.3, -0.25) is 4.79 Å². The number of carbonyl (C=O) groups is 1. The first-order valence-corrected chi connectivity index (χ1v) is 6.84. The second-order valence-electron chi connectivity index (χ2n) is 6.28. The normalized spacial score (nSPS) is 21.7. The van der Waals surface area contributed by atoms with E-state index in [-0.39, 0.29) is 11.4 Å². The minimum absolute atomic E-state index is 0.107. The first-order valence-electron chi connectivity index (χ1n) is 6.84.